The largest absolute Gasteiger partial charge is 0.402 e. The summed E-state index contributed by atoms with van der Waals surface area (Å²) in [6, 6.07) is 114. The van der Waals surface area contributed by atoms with E-state index in [1.807, 2.05) is 72.8 Å². The molecule has 2 aliphatic rings. The summed E-state index contributed by atoms with van der Waals surface area (Å²) in [5, 5.41) is 0. The first-order valence-electron chi connectivity index (χ1n) is 49.3. The van der Waals surface area contributed by atoms with Crippen LogP contribution < -0.4 is 0 Å². The maximum Gasteiger partial charge on any atom is 0.402 e. The third kappa shape index (κ3) is 18.6. The van der Waals surface area contributed by atoms with Gasteiger partial charge in [-0.3, -0.25) is 0 Å². The molecule has 704 valence electrons. The highest BCUT2D eigenvalue weighted by atomic mass is 19.4. The summed E-state index contributed by atoms with van der Waals surface area (Å²) in [7, 11) is 0. The maximum atomic E-state index is 19.9. The van der Waals surface area contributed by atoms with Crippen molar-refractivity contribution in [3.05, 3.63) is 406 Å². The molecule has 2 aliphatic carbocycles. The molecule has 0 aromatic heterocycles. The Hall–Kier alpha value is -12.9. The van der Waals surface area contributed by atoms with E-state index < -0.39 is 29.6 Å². The second-order valence-electron chi connectivity index (χ2n) is 47.8. The van der Waals surface area contributed by atoms with E-state index in [4.69, 9.17) is 0 Å². The van der Waals surface area contributed by atoms with Crippen molar-refractivity contribution < 1.29 is 26.3 Å². The number of benzene rings is 16. The number of hydrogen-bond acceptors (Lipinski definition) is 0. The Labute approximate surface area is 822 Å². The van der Waals surface area contributed by atoms with Crippen LogP contribution in [0.4, 0.5) is 26.3 Å². The normalized spacial score (nSPS) is 14.0. The van der Waals surface area contributed by atoms with Crippen LogP contribution in [-0.4, -0.2) is 12.4 Å². The summed E-state index contributed by atoms with van der Waals surface area (Å²) in [5.74, 6) is 0. The van der Waals surface area contributed by atoms with E-state index in [0.717, 1.165) is 134 Å². The van der Waals surface area contributed by atoms with Gasteiger partial charge in [-0.05, 0) is 369 Å². The first kappa shape index (κ1) is 96.4. The lowest BCUT2D eigenvalue weighted by atomic mass is 9.61. The zero-order valence-corrected chi connectivity index (χ0v) is 85.3. The Kier molecular flexibility index (Phi) is 24.0. The van der Waals surface area contributed by atoms with E-state index in [9.17, 15) is 0 Å². The minimum Gasteiger partial charge on any atom is -0.170 e. The van der Waals surface area contributed by atoms with Gasteiger partial charge >= 0.3 is 12.4 Å². The van der Waals surface area contributed by atoms with Crippen molar-refractivity contribution in [2.75, 3.05) is 0 Å². The molecule has 16 aromatic rings. The summed E-state index contributed by atoms with van der Waals surface area (Å²) < 4.78 is 120. The zero-order chi connectivity index (χ0) is 99.4. The van der Waals surface area contributed by atoms with Crippen LogP contribution in [0.5, 0.6) is 0 Å². The predicted molar refractivity (Wildman–Crippen MR) is 577 cm³/mol. The fraction of sp³-hybridized carbons (Fsp3) is 0.278. The molecule has 0 heterocycles. The van der Waals surface area contributed by atoms with Crippen LogP contribution in [0.2, 0.25) is 0 Å². The summed E-state index contributed by atoms with van der Waals surface area (Å²) in [4.78, 5) is 0. The Balaban J connectivity index is 0.930. The molecular weight excluding hydrogens is 1710 g/mol. The van der Waals surface area contributed by atoms with Crippen molar-refractivity contribution in [1.82, 2.24) is 0 Å². The van der Waals surface area contributed by atoms with E-state index in [1.165, 1.54) is 0 Å². The van der Waals surface area contributed by atoms with E-state index in [2.05, 4.69) is 385 Å². The van der Waals surface area contributed by atoms with E-state index in [-0.39, 0.29) is 87.8 Å². The van der Waals surface area contributed by atoms with E-state index in [0.29, 0.717) is 44.5 Å². The van der Waals surface area contributed by atoms with Crippen LogP contribution in [-0.2, 0) is 54.1 Å². The Bertz CT molecular complexity index is 6190. The van der Waals surface area contributed by atoms with Gasteiger partial charge in [0.25, 0.3) is 0 Å². The van der Waals surface area contributed by atoms with Gasteiger partial charge in [0.05, 0.1) is 0 Å². The average Bonchev–Trinajstić information content (AvgIpc) is 1.51. The first-order chi connectivity index (χ1) is 65.1. The lowest BCUT2D eigenvalue weighted by Crippen LogP contribution is -2.53. The molecule has 0 aliphatic heterocycles. The number of halogens is 6. The Morgan fingerprint density at radius 1 is 0.137 bits per heavy atom. The van der Waals surface area contributed by atoms with E-state index >= 15 is 26.3 Å². The Morgan fingerprint density at radius 3 is 0.353 bits per heavy atom. The van der Waals surface area contributed by atoms with E-state index in [1.54, 1.807) is 48.5 Å². The molecule has 18 rings (SSSR count). The minimum absolute atomic E-state index is 0.165. The third-order valence-electron chi connectivity index (χ3n) is 29.7. The molecule has 0 fully saturated rings. The van der Waals surface area contributed by atoms with Crippen molar-refractivity contribution in [3.63, 3.8) is 0 Å². The molecule has 0 saturated carbocycles. The summed E-state index contributed by atoms with van der Waals surface area (Å²) in [5.41, 5.74) is 18.4. The van der Waals surface area contributed by atoms with Crippen molar-refractivity contribution in [2.24, 2.45) is 0 Å². The maximum absolute atomic E-state index is 19.9. The first-order valence-corrected chi connectivity index (χ1v) is 49.3. The number of rotatable bonds is 14. The lowest BCUT2D eigenvalue weighted by molar-refractivity contribution is -0.214. The third-order valence-corrected chi connectivity index (χ3v) is 29.7. The van der Waals surface area contributed by atoms with Crippen molar-refractivity contribution >= 4 is 0 Å². The molecule has 0 unspecified atom stereocenters. The average molecular weight is 1840 g/mol. The lowest BCUT2D eigenvalue weighted by Gasteiger charge is -2.44. The molecule has 6 heteroatoms. The van der Waals surface area contributed by atoms with Crippen LogP contribution in [0, 0.1) is 0 Å². The molecule has 0 amide bonds. The molecule has 0 saturated heterocycles. The fourth-order valence-corrected chi connectivity index (χ4v) is 20.9. The van der Waals surface area contributed by atoms with Crippen LogP contribution in [0.1, 0.15) is 239 Å². The second kappa shape index (κ2) is 34.6. The van der Waals surface area contributed by atoms with Crippen LogP contribution >= 0.6 is 0 Å². The van der Waals surface area contributed by atoms with Crippen molar-refractivity contribution in [1.29, 1.82) is 0 Å². The monoisotopic (exact) mass is 1840 g/mol. The molecule has 0 N–H and O–H groups in total. The van der Waals surface area contributed by atoms with Gasteiger partial charge in [0.2, 0.25) is 0 Å². The van der Waals surface area contributed by atoms with Gasteiger partial charge in [-0.15, -0.1) is 0 Å². The molecular formula is C133H130F6. The van der Waals surface area contributed by atoms with Gasteiger partial charge in [-0.25, -0.2) is 0 Å². The second-order valence-corrected chi connectivity index (χ2v) is 47.8. The van der Waals surface area contributed by atoms with Gasteiger partial charge in [0.15, 0.2) is 0 Å². The van der Waals surface area contributed by atoms with Gasteiger partial charge < -0.3 is 0 Å². The highest BCUT2D eigenvalue weighted by molar-refractivity contribution is 5.94. The molecule has 0 bridgehead atoms. The summed E-state index contributed by atoms with van der Waals surface area (Å²) >= 11 is 0. The van der Waals surface area contributed by atoms with Crippen LogP contribution in [0.15, 0.2) is 340 Å². The van der Waals surface area contributed by atoms with Crippen LogP contribution in [0.3, 0.4) is 0 Å². The van der Waals surface area contributed by atoms with Gasteiger partial charge in [0.1, 0.15) is 10.8 Å². The molecule has 0 atom stereocenters. The number of fused-ring (bicyclic) bond motifs is 6. The molecule has 0 nitrogen and oxygen atoms in total. The highest BCUT2D eigenvalue weighted by Crippen LogP contribution is 2.69. The predicted octanol–water partition coefficient (Wildman–Crippen LogP) is 38.8. The summed E-state index contributed by atoms with van der Waals surface area (Å²) in [6.45, 7) is 52.2. The zero-order valence-electron chi connectivity index (χ0n) is 85.3. The summed E-state index contributed by atoms with van der Waals surface area (Å²) in [6.07, 6.45) is -12.5. The molecule has 16 aromatic carbocycles. The smallest absolute Gasteiger partial charge is 0.170 e. The van der Waals surface area contributed by atoms with Gasteiger partial charge in [-0.1, -0.05) is 409 Å². The van der Waals surface area contributed by atoms with Gasteiger partial charge in [0, 0.05) is 0 Å². The Morgan fingerprint density at radius 2 is 0.245 bits per heavy atom. The number of hydrogen-bond donors (Lipinski definition) is 0. The minimum atomic E-state index is -5.48. The molecule has 0 spiro atoms. The standard InChI is InChI=1S/C133H130F6/c1-122(2,3)106-45-25-82(26-46-106)94-65-95(83-27-47-107(48-28-83)123(4,5)6)70-102(69-94)90-41-61-114-115-62-42-91(103-71-96(84-29-49-108(50-30-84)124(7,8)9)66-97(72-103)85-31-51-109(52-32-85)125(10,11)12)78-119(115)130(118(114)77-90,132(134,135)136)81-131(133(137,138)139)120-79-92(104-73-98(86-33-53-110(54-34-86)126(13,14)15)67-99(74-104)87-35-55-111(56-36-87)127(16,17)18)43-63-116(120)117-64-44-93(80-121(117)131)105-75-100(88-37-57-112(58-38-88)128(19,20)21)68-101(76-105)89-39-59-113(60-40-89)129(22,23)24/h25-80H,81H2,1-24H3. The van der Waals surface area contributed by atoms with Crippen LogP contribution in [0.25, 0.3) is 156 Å². The van der Waals surface area contributed by atoms with Crippen molar-refractivity contribution in [2.45, 2.75) is 239 Å². The van der Waals surface area contributed by atoms with Gasteiger partial charge in [-0.2, -0.15) is 26.3 Å². The quantitative estimate of drug-likeness (QED) is 0.0952. The SMILES string of the molecule is CC(C)(C)c1ccc(-c2cc(-c3ccc(C(C)(C)C)cc3)cc(-c3ccc4c(c3)C(CC3(C(F)(F)F)c5cc(-c6cc(-c7ccc(C(C)(C)C)cc7)cc(-c7ccc(C(C)(C)C)cc7)c6)ccc5-c5ccc(-c6cc(-c7ccc(C(C)(C)C)cc7)cc(-c7ccc(C(C)(C)C)cc7)c6)cc53)(C(F)(F)F)c3cc(-c5cc(-c6ccc(C(C)(C)C)cc6)cc(-c6ccc(C(C)(C)C)cc6)c5)ccc3-4)c2)cc1. The molecule has 0 radical (unpaired) electrons. The van der Waals surface area contributed by atoms with Crippen molar-refractivity contribution in [3.8, 4) is 156 Å². The fourth-order valence-electron chi connectivity index (χ4n) is 20.9. The molecule has 139 heavy (non-hydrogen) atoms. The highest BCUT2D eigenvalue weighted by Gasteiger charge is 2.71. The number of alkyl halides is 6. The topological polar surface area (TPSA) is 0 Å².